The molecule has 0 saturated heterocycles. The number of nitrogen functional groups attached to an aromatic ring is 1. The molecule has 1 aromatic rings. The molecule has 0 spiro atoms. The molecule has 0 aliphatic carbocycles. The van der Waals surface area contributed by atoms with Gasteiger partial charge in [-0.25, -0.2) is 0 Å². The minimum atomic E-state index is -4.57. The quantitative estimate of drug-likeness (QED) is 0.604. The van der Waals surface area contributed by atoms with E-state index in [1.165, 1.54) is 0 Å². The third kappa shape index (κ3) is 5.11. The summed E-state index contributed by atoms with van der Waals surface area (Å²) in [5.74, 6) is 0. The van der Waals surface area contributed by atoms with E-state index in [9.17, 15) is 13.2 Å². The molecule has 0 bridgehead atoms. The maximum atomic E-state index is 11.6. The largest absolute Gasteiger partial charge is 0.522 e. The van der Waals surface area contributed by atoms with Gasteiger partial charge in [0, 0.05) is 17.9 Å². The number of ether oxygens (including phenoxy) is 1. The van der Waals surface area contributed by atoms with Gasteiger partial charge in [0.1, 0.15) is 0 Å². The lowest BCUT2D eigenvalue weighted by atomic mass is 10.3. The summed E-state index contributed by atoms with van der Waals surface area (Å²) < 4.78 is 38.3. The topological polar surface area (TPSA) is 47.3 Å². The van der Waals surface area contributed by atoms with Crippen LogP contribution in [0.3, 0.4) is 0 Å². The molecular formula is C9H11F3N2O. The summed E-state index contributed by atoms with van der Waals surface area (Å²) in [4.78, 5) is 0. The highest BCUT2D eigenvalue weighted by atomic mass is 19.4. The molecule has 0 aliphatic rings. The number of benzene rings is 1. The first-order chi connectivity index (χ1) is 6.97. The highest BCUT2D eigenvalue weighted by Crippen LogP contribution is 2.15. The molecule has 3 N–H and O–H groups in total. The van der Waals surface area contributed by atoms with Crippen LogP contribution in [0.4, 0.5) is 24.5 Å². The van der Waals surface area contributed by atoms with Crippen LogP contribution in [0, 0.1) is 0 Å². The first-order valence-corrected chi connectivity index (χ1v) is 4.27. The van der Waals surface area contributed by atoms with Crippen molar-refractivity contribution in [1.82, 2.24) is 0 Å². The van der Waals surface area contributed by atoms with E-state index in [1.54, 1.807) is 24.3 Å². The number of hydrogen-bond acceptors (Lipinski definition) is 3. The molecule has 1 rings (SSSR count). The second kappa shape index (κ2) is 4.88. The van der Waals surface area contributed by atoms with Gasteiger partial charge in [0.25, 0.3) is 0 Å². The van der Waals surface area contributed by atoms with Gasteiger partial charge in [-0.05, 0) is 24.3 Å². The minimum Gasteiger partial charge on any atom is -0.399 e. The number of nitrogens with one attached hydrogen (secondary N) is 1. The van der Waals surface area contributed by atoms with Crippen molar-refractivity contribution in [3.63, 3.8) is 0 Å². The Morgan fingerprint density at radius 2 is 1.80 bits per heavy atom. The van der Waals surface area contributed by atoms with Crippen LogP contribution in [-0.2, 0) is 4.74 Å². The Morgan fingerprint density at radius 3 is 2.33 bits per heavy atom. The zero-order chi connectivity index (χ0) is 11.3. The Bertz CT molecular complexity index is 297. The van der Waals surface area contributed by atoms with Gasteiger partial charge in [-0.15, -0.1) is 13.2 Å². The van der Waals surface area contributed by atoms with E-state index in [-0.39, 0.29) is 6.54 Å². The summed E-state index contributed by atoms with van der Waals surface area (Å²) in [6.07, 6.45) is -4.57. The van der Waals surface area contributed by atoms with Crippen LogP contribution in [0.2, 0.25) is 0 Å². The smallest absolute Gasteiger partial charge is 0.399 e. The van der Waals surface area contributed by atoms with Gasteiger partial charge in [0.2, 0.25) is 0 Å². The van der Waals surface area contributed by atoms with Crippen LogP contribution in [0.15, 0.2) is 24.3 Å². The van der Waals surface area contributed by atoms with Gasteiger partial charge in [-0.3, -0.25) is 4.74 Å². The van der Waals surface area contributed by atoms with Gasteiger partial charge in [0.15, 0.2) is 0 Å². The Hall–Kier alpha value is -1.43. The monoisotopic (exact) mass is 220 g/mol. The number of alkyl halides is 3. The molecule has 1 aromatic carbocycles. The van der Waals surface area contributed by atoms with Gasteiger partial charge in [-0.1, -0.05) is 0 Å². The molecule has 6 heteroatoms. The number of anilines is 2. The normalized spacial score (nSPS) is 11.4. The first kappa shape index (κ1) is 11.6. The molecule has 0 atom stereocenters. The molecule has 0 unspecified atom stereocenters. The van der Waals surface area contributed by atoms with Crippen molar-refractivity contribution in [2.75, 3.05) is 24.2 Å². The van der Waals surface area contributed by atoms with Crippen LogP contribution < -0.4 is 11.1 Å². The molecular weight excluding hydrogens is 209 g/mol. The first-order valence-electron chi connectivity index (χ1n) is 4.27. The lowest BCUT2D eigenvalue weighted by Crippen LogP contribution is -2.19. The van der Waals surface area contributed by atoms with E-state index in [0.29, 0.717) is 11.4 Å². The van der Waals surface area contributed by atoms with E-state index < -0.39 is 13.0 Å². The number of rotatable bonds is 4. The molecule has 0 radical (unpaired) electrons. The van der Waals surface area contributed by atoms with Crippen LogP contribution in [0.1, 0.15) is 0 Å². The number of halogens is 3. The average Bonchev–Trinajstić information content (AvgIpc) is 2.14. The number of nitrogens with two attached hydrogens (primary N) is 1. The van der Waals surface area contributed by atoms with Gasteiger partial charge in [-0.2, -0.15) is 0 Å². The van der Waals surface area contributed by atoms with Crippen molar-refractivity contribution >= 4 is 11.4 Å². The maximum Gasteiger partial charge on any atom is 0.522 e. The lowest BCUT2D eigenvalue weighted by molar-refractivity contribution is -0.322. The summed E-state index contributed by atoms with van der Waals surface area (Å²) in [6.45, 7) is -0.336. The van der Waals surface area contributed by atoms with Crippen LogP contribution >= 0.6 is 0 Å². The average molecular weight is 220 g/mol. The summed E-state index contributed by atoms with van der Waals surface area (Å²) in [5, 5.41) is 2.76. The van der Waals surface area contributed by atoms with Crippen molar-refractivity contribution < 1.29 is 17.9 Å². The van der Waals surface area contributed by atoms with Crippen LogP contribution in [-0.4, -0.2) is 19.5 Å². The molecule has 0 aliphatic heterocycles. The highest BCUT2D eigenvalue weighted by Gasteiger charge is 2.28. The molecule has 0 amide bonds. The van der Waals surface area contributed by atoms with E-state index in [0.717, 1.165) is 0 Å². The molecule has 0 aromatic heterocycles. The third-order valence-corrected chi connectivity index (χ3v) is 1.61. The van der Waals surface area contributed by atoms with Crippen molar-refractivity contribution in [3.05, 3.63) is 24.3 Å². The molecule has 0 heterocycles. The molecule has 15 heavy (non-hydrogen) atoms. The fraction of sp³-hybridized carbons (Fsp3) is 0.333. The Balaban J connectivity index is 2.23. The maximum absolute atomic E-state index is 11.6. The fourth-order valence-electron chi connectivity index (χ4n) is 0.963. The summed E-state index contributed by atoms with van der Waals surface area (Å²) in [6, 6.07) is 6.69. The standard InChI is InChI=1S/C9H11F3N2O/c10-9(11,12)15-6-5-14-8-3-1-7(13)2-4-8/h1-4,14H,5-6,13H2. The molecule has 3 nitrogen and oxygen atoms in total. The minimum absolute atomic E-state index is 0.0867. The van der Waals surface area contributed by atoms with Gasteiger partial charge in [0.05, 0.1) is 6.61 Å². The van der Waals surface area contributed by atoms with Crippen LogP contribution in [0.5, 0.6) is 0 Å². The van der Waals surface area contributed by atoms with Crippen molar-refractivity contribution in [1.29, 1.82) is 0 Å². The van der Waals surface area contributed by atoms with E-state index in [4.69, 9.17) is 5.73 Å². The second-order valence-electron chi connectivity index (χ2n) is 2.84. The Kier molecular flexibility index (Phi) is 3.79. The molecule has 0 fully saturated rings. The zero-order valence-corrected chi connectivity index (χ0v) is 7.84. The second-order valence-corrected chi connectivity index (χ2v) is 2.84. The fourth-order valence-corrected chi connectivity index (χ4v) is 0.963. The van der Waals surface area contributed by atoms with E-state index >= 15 is 0 Å². The van der Waals surface area contributed by atoms with Crippen molar-refractivity contribution in [3.8, 4) is 0 Å². The van der Waals surface area contributed by atoms with Gasteiger partial charge < -0.3 is 11.1 Å². The zero-order valence-electron chi connectivity index (χ0n) is 7.84. The lowest BCUT2D eigenvalue weighted by Gasteiger charge is -2.09. The predicted octanol–water partition coefficient (Wildman–Crippen LogP) is 2.22. The highest BCUT2D eigenvalue weighted by molar-refractivity contribution is 5.51. The molecule has 0 saturated carbocycles. The predicted molar refractivity (Wildman–Crippen MR) is 51.4 cm³/mol. The molecule has 84 valence electrons. The SMILES string of the molecule is Nc1ccc(NCCOC(F)(F)F)cc1. The summed E-state index contributed by atoms with van der Waals surface area (Å²) in [5.41, 5.74) is 6.74. The van der Waals surface area contributed by atoms with Crippen molar-refractivity contribution in [2.24, 2.45) is 0 Å². The van der Waals surface area contributed by atoms with E-state index in [2.05, 4.69) is 10.1 Å². The van der Waals surface area contributed by atoms with Crippen LogP contribution in [0.25, 0.3) is 0 Å². The van der Waals surface area contributed by atoms with Gasteiger partial charge >= 0.3 is 6.36 Å². The van der Waals surface area contributed by atoms with E-state index in [1.807, 2.05) is 0 Å². The third-order valence-electron chi connectivity index (χ3n) is 1.61. The number of hydrogen-bond donors (Lipinski definition) is 2. The van der Waals surface area contributed by atoms with Crippen molar-refractivity contribution in [2.45, 2.75) is 6.36 Å². The Morgan fingerprint density at radius 1 is 1.20 bits per heavy atom. The summed E-state index contributed by atoms with van der Waals surface area (Å²) >= 11 is 0. The Labute approximate surface area is 85.0 Å². The summed E-state index contributed by atoms with van der Waals surface area (Å²) in [7, 11) is 0.